The SMILES string of the molecule is Cc1cc(C)n(C2CCN(Cc3cn(-c4ccccc4)nn3)C2)n1. The highest BCUT2D eigenvalue weighted by atomic mass is 15.4. The molecule has 0 saturated carbocycles. The van der Waals surface area contributed by atoms with Crippen LogP contribution in [0.15, 0.2) is 42.6 Å². The Labute approximate surface area is 141 Å². The third kappa shape index (κ3) is 2.97. The molecule has 0 N–H and O–H groups in total. The molecule has 0 radical (unpaired) electrons. The van der Waals surface area contributed by atoms with Gasteiger partial charge in [-0.15, -0.1) is 5.10 Å². The number of rotatable bonds is 4. The Morgan fingerprint density at radius 3 is 2.75 bits per heavy atom. The lowest BCUT2D eigenvalue weighted by Gasteiger charge is -2.15. The lowest BCUT2D eigenvalue weighted by molar-refractivity contribution is 0.307. The Balaban J connectivity index is 1.42. The minimum atomic E-state index is 0.461. The Kier molecular flexibility index (Phi) is 3.90. The number of benzene rings is 1. The summed E-state index contributed by atoms with van der Waals surface area (Å²) in [6, 6.07) is 12.7. The van der Waals surface area contributed by atoms with Crippen LogP contribution < -0.4 is 0 Å². The minimum absolute atomic E-state index is 0.461. The maximum Gasteiger partial charge on any atom is 0.0971 e. The van der Waals surface area contributed by atoms with Crippen LogP contribution in [-0.2, 0) is 6.54 Å². The van der Waals surface area contributed by atoms with Crippen LogP contribution in [0.5, 0.6) is 0 Å². The molecule has 24 heavy (non-hydrogen) atoms. The van der Waals surface area contributed by atoms with Crippen molar-refractivity contribution in [2.45, 2.75) is 32.9 Å². The van der Waals surface area contributed by atoms with Crippen molar-refractivity contribution in [1.82, 2.24) is 29.7 Å². The molecular formula is C18H22N6. The van der Waals surface area contributed by atoms with Gasteiger partial charge in [-0.25, -0.2) is 4.68 Å². The van der Waals surface area contributed by atoms with E-state index in [4.69, 9.17) is 0 Å². The maximum absolute atomic E-state index is 4.64. The normalized spacial score (nSPS) is 18.3. The Bertz CT molecular complexity index is 819. The Morgan fingerprint density at radius 2 is 2.00 bits per heavy atom. The van der Waals surface area contributed by atoms with Gasteiger partial charge in [0, 0.05) is 25.3 Å². The largest absolute Gasteiger partial charge is 0.295 e. The lowest BCUT2D eigenvalue weighted by Crippen LogP contribution is -2.22. The molecule has 6 nitrogen and oxygen atoms in total. The van der Waals surface area contributed by atoms with Gasteiger partial charge in [0.25, 0.3) is 0 Å². The van der Waals surface area contributed by atoms with Crippen LogP contribution in [0.3, 0.4) is 0 Å². The first-order valence-electron chi connectivity index (χ1n) is 8.41. The Hall–Kier alpha value is -2.47. The van der Waals surface area contributed by atoms with Crippen molar-refractivity contribution in [3.63, 3.8) is 0 Å². The molecule has 0 aliphatic carbocycles. The summed E-state index contributed by atoms with van der Waals surface area (Å²) in [7, 11) is 0. The quantitative estimate of drug-likeness (QED) is 0.741. The van der Waals surface area contributed by atoms with Gasteiger partial charge in [0.2, 0.25) is 0 Å². The van der Waals surface area contributed by atoms with Gasteiger partial charge in [0.15, 0.2) is 0 Å². The van der Waals surface area contributed by atoms with E-state index < -0.39 is 0 Å². The third-order valence-corrected chi connectivity index (χ3v) is 4.59. The zero-order valence-electron chi connectivity index (χ0n) is 14.1. The Morgan fingerprint density at radius 1 is 1.17 bits per heavy atom. The second kappa shape index (κ2) is 6.20. The first kappa shape index (κ1) is 15.1. The van der Waals surface area contributed by atoms with Crippen LogP contribution in [0, 0.1) is 13.8 Å². The van der Waals surface area contributed by atoms with Crippen molar-refractivity contribution >= 4 is 0 Å². The molecule has 0 bridgehead atoms. The molecule has 3 heterocycles. The van der Waals surface area contributed by atoms with Crippen molar-refractivity contribution in [1.29, 1.82) is 0 Å². The predicted octanol–water partition coefficient (Wildman–Crippen LogP) is 2.53. The van der Waals surface area contributed by atoms with Crippen LogP contribution in [0.25, 0.3) is 5.69 Å². The maximum atomic E-state index is 4.64. The van der Waals surface area contributed by atoms with E-state index in [2.05, 4.69) is 44.9 Å². The van der Waals surface area contributed by atoms with E-state index in [1.807, 2.05) is 41.2 Å². The van der Waals surface area contributed by atoms with Gasteiger partial charge in [-0.1, -0.05) is 23.4 Å². The van der Waals surface area contributed by atoms with Crippen molar-refractivity contribution in [3.05, 3.63) is 59.7 Å². The van der Waals surface area contributed by atoms with Crippen LogP contribution in [0.1, 0.15) is 29.5 Å². The molecule has 1 atom stereocenters. The number of likely N-dealkylation sites (tertiary alicyclic amines) is 1. The van der Waals surface area contributed by atoms with Gasteiger partial charge in [-0.2, -0.15) is 5.10 Å². The van der Waals surface area contributed by atoms with Crippen molar-refractivity contribution in [3.8, 4) is 5.69 Å². The highest BCUT2D eigenvalue weighted by molar-refractivity contribution is 5.29. The minimum Gasteiger partial charge on any atom is -0.295 e. The number of para-hydroxylation sites is 1. The number of aromatic nitrogens is 5. The lowest BCUT2D eigenvalue weighted by atomic mass is 10.2. The fraction of sp³-hybridized carbons (Fsp3) is 0.389. The molecule has 1 saturated heterocycles. The molecule has 1 aromatic carbocycles. The number of hydrogen-bond acceptors (Lipinski definition) is 4. The average molecular weight is 322 g/mol. The van der Waals surface area contributed by atoms with E-state index in [0.29, 0.717) is 6.04 Å². The fourth-order valence-electron chi connectivity index (χ4n) is 3.48. The second-order valence-corrected chi connectivity index (χ2v) is 6.54. The predicted molar refractivity (Wildman–Crippen MR) is 92.0 cm³/mol. The monoisotopic (exact) mass is 322 g/mol. The summed E-state index contributed by atoms with van der Waals surface area (Å²) in [4.78, 5) is 2.43. The van der Waals surface area contributed by atoms with Gasteiger partial charge in [-0.3, -0.25) is 9.58 Å². The summed E-state index contributed by atoms with van der Waals surface area (Å²) in [5, 5.41) is 13.2. The molecule has 1 aliphatic heterocycles. The molecule has 4 rings (SSSR count). The molecule has 2 aromatic heterocycles. The summed E-state index contributed by atoms with van der Waals surface area (Å²) >= 11 is 0. The van der Waals surface area contributed by atoms with E-state index in [0.717, 1.165) is 43.1 Å². The molecule has 0 spiro atoms. The van der Waals surface area contributed by atoms with Gasteiger partial charge in [-0.05, 0) is 38.5 Å². The molecular weight excluding hydrogens is 300 g/mol. The van der Waals surface area contributed by atoms with Crippen molar-refractivity contribution in [2.24, 2.45) is 0 Å². The van der Waals surface area contributed by atoms with Crippen LogP contribution in [0.4, 0.5) is 0 Å². The number of nitrogens with zero attached hydrogens (tertiary/aromatic N) is 6. The van der Waals surface area contributed by atoms with Crippen molar-refractivity contribution in [2.75, 3.05) is 13.1 Å². The highest BCUT2D eigenvalue weighted by Gasteiger charge is 2.26. The first-order valence-corrected chi connectivity index (χ1v) is 8.41. The summed E-state index contributed by atoms with van der Waals surface area (Å²) in [5.41, 5.74) is 4.39. The first-order chi connectivity index (χ1) is 11.7. The van der Waals surface area contributed by atoms with Crippen molar-refractivity contribution < 1.29 is 0 Å². The van der Waals surface area contributed by atoms with E-state index >= 15 is 0 Å². The fourth-order valence-corrected chi connectivity index (χ4v) is 3.48. The zero-order chi connectivity index (χ0) is 16.5. The molecule has 124 valence electrons. The summed E-state index contributed by atoms with van der Waals surface area (Å²) in [5.74, 6) is 0. The number of hydrogen-bond donors (Lipinski definition) is 0. The molecule has 1 unspecified atom stereocenters. The van der Waals surface area contributed by atoms with Gasteiger partial charge < -0.3 is 0 Å². The summed E-state index contributed by atoms with van der Waals surface area (Å²) in [6.45, 7) is 7.11. The van der Waals surface area contributed by atoms with Gasteiger partial charge in [0.1, 0.15) is 0 Å². The van der Waals surface area contributed by atoms with E-state index in [9.17, 15) is 0 Å². The average Bonchev–Trinajstić information content (AvgIpc) is 3.29. The topological polar surface area (TPSA) is 51.8 Å². The highest BCUT2D eigenvalue weighted by Crippen LogP contribution is 2.24. The molecule has 0 amide bonds. The number of aryl methyl sites for hydroxylation is 2. The van der Waals surface area contributed by atoms with Crippen LogP contribution in [0.2, 0.25) is 0 Å². The summed E-state index contributed by atoms with van der Waals surface area (Å²) < 4.78 is 4.01. The van der Waals surface area contributed by atoms with Crippen LogP contribution in [-0.4, -0.2) is 42.8 Å². The van der Waals surface area contributed by atoms with Crippen LogP contribution >= 0.6 is 0 Å². The zero-order valence-corrected chi connectivity index (χ0v) is 14.1. The molecule has 1 aliphatic rings. The van der Waals surface area contributed by atoms with E-state index in [1.54, 1.807) is 0 Å². The standard InChI is InChI=1S/C18H22N6/c1-14-10-15(2)24(20-14)18-8-9-22(13-18)11-16-12-23(21-19-16)17-6-4-3-5-7-17/h3-7,10,12,18H,8-9,11,13H2,1-2H3. The van der Waals surface area contributed by atoms with E-state index in [-0.39, 0.29) is 0 Å². The van der Waals surface area contributed by atoms with Gasteiger partial charge >= 0.3 is 0 Å². The smallest absolute Gasteiger partial charge is 0.0971 e. The third-order valence-electron chi connectivity index (χ3n) is 4.59. The summed E-state index contributed by atoms with van der Waals surface area (Å²) in [6.07, 6.45) is 3.15. The molecule has 6 heteroatoms. The van der Waals surface area contributed by atoms with E-state index in [1.165, 1.54) is 5.69 Å². The van der Waals surface area contributed by atoms with Gasteiger partial charge in [0.05, 0.1) is 29.3 Å². The second-order valence-electron chi connectivity index (χ2n) is 6.54. The molecule has 3 aromatic rings. The molecule has 1 fully saturated rings.